The third kappa shape index (κ3) is 3.65. The van der Waals surface area contributed by atoms with Gasteiger partial charge in [-0.05, 0) is 50.1 Å². The maximum absolute atomic E-state index is 14.7. The van der Waals surface area contributed by atoms with E-state index in [2.05, 4.69) is 15.5 Å². The number of rotatable bonds is 4. The van der Waals surface area contributed by atoms with E-state index in [0.717, 1.165) is 30.6 Å². The summed E-state index contributed by atoms with van der Waals surface area (Å²) in [6, 6.07) is 12.6. The molecule has 0 radical (unpaired) electrons. The molecule has 2 aliphatic rings. The van der Waals surface area contributed by atoms with Crippen molar-refractivity contribution in [1.82, 2.24) is 15.5 Å². The SMILES string of the molecule is Cc1ccc(-c2ccc(-c3ccc(O[C@@H]4C[C@H]5CCC[C@H](N5)[C@@H]4F)nn3)c(O)c2)o1. The van der Waals surface area contributed by atoms with Crippen molar-refractivity contribution in [3.8, 4) is 34.2 Å². The zero-order chi connectivity index (χ0) is 20.7. The topological polar surface area (TPSA) is 80.4 Å². The number of alkyl halides is 1. The van der Waals surface area contributed by atoms with Gasteiger partial charge in [0.15, 0.2) is 6.17 Å². The van der Waals surface area contributed by atoms with E-state index in [0.29, 0.717) is 35.4 Å². The summed E-state index contributed by atoms with van der Waals surface area (Å²) in [5, 5.41) is 22.1. The minimum absolute atomic E-state index is 0.0829. The smallest absolute Gasteiger partial charge is 0.233 e. The summed E-state index contributed by atoms with van der Waals surface area (Å²) in [4.78, 5) is 0. The van der Waals surface area contributed by atoms with E-state index in [4.69, 9.17) is 9.15 Å². The van der Waals surface area contributed by atoms with E-state index < -0.39 is 12.3 Å². The number of phenolic OH excluding ortho intramolecular Hbond substituents is 1. The van der Waals surface area contributed by atoms with Crippen LogP contribution in [0.25, 0.3) is 22.6 Å². The fourth-order valence-electron chi connectivity index (χ4n) is 4.45. The van der Waals surface area contributed by atoms with Crippen molar-refractivity contribution in [3.63, 3.8) is 0 Å². The van der Waals surface area contributed by atoms with E-state index in [1.807, 2.05) is 25.1 Å². The van der Waals surface area contributed by atoms with Gasteiger partial charge in [0, 0.05) is 35.7 Å². The van der Waals surface area contributed by atoms with Crippen LogP contribution in [-0.2, 0) is 0 Å². The van der Waals surface area contributed by atoms with Gasteiger partial charge in [0.05, 0.1) is 5.69 Å². The molecule has 1 aromatic carbocycles. The second-order valence-corrected chi connectivity index (χ2v) is 8.14. The minimum Gasteiger partial charge on any atom is -0.507 e. The van der Waals surface area contributed by atoms with Crippen molar-refractivity contribution >= 4 is 0 Å². The number of nitrogens with zero attached hydrogens (tertiary/aromatic N) is 2. The highest BCUT2D eigenvalue weighted by molar-refractivity contribution is 5.72. The molecule has 2 N–H and O–H groups in total. The van der Waals surface area contributed by atoms with Crippen LogP contribution in [0.4, 0.5) is 4.39 Å². The Balaban J connectivity index is 1.31. The first-order valence-corrected chi connectivity index (χ1v) is 10.4. The molecule has 30 heavy (non-hydrogen) atoms. The lowest BCUT2D eigenvalue weighted by Crippen LogP contribution is -2.59. The number of nitrogens with one attached hydrogen (secondary N) is 1. The van der Waals surface area contributed by atoms with Gasteiger partial charge in [-0.25, -0.2) is 4.39 Å². The van der Waals surface area contributed by atoms with Crippen LogP contribution in [-0.4, -0.2) is 39.7 Å². The van der Waals surface area contributed by atoms with Gasteiger partial charge in [-0.15, -0.1) is 10.2 Å². The largest absolute Gasteiger partial charge is 0.507 e. The molecule has 2 saturated heterocycles. The lowest BCUT2D eigenvalue weighted by molar-refractivity contribution is 0.00652. The summed E-state index contributed by atoms with van der Waals surface area (Å²) in [6.45, 7) is 1.87. The Bertz CT molecular complexity index is 1040. The quantitative estimate of drug-likeness (QED) is 0.664. The van der Waals surface area contributed by atoms with Gasteiger partial charge in [-0.3, -0.25) is 0 Å². The van der Waals surface area contributed by atoms with Gasteiger partial charge in [-0.1, -0.05) is 12.5 Å². The Morgan fingerprint density at radius 3 is 2.77 bits per heavy atom. The molecule has 6 nitrogen and oxygen atoms in total. The van der Waals surface area contributed by atoms with Crippen LogP contribution in [0.15, 0.2) is 46.9 Å². The molecule has 0 spiro atoms. The van der Waals surface area contributed by atoms with Gasteiger partial charge in [0.2, 0.25) is 5.88 Å². The summed E-state index contributed by atoms with van der Waals surface area (Å²) >= 11 is 0. The molecule has 2 aromatic heterocycles. The van der Waals surface area contributed by atoms with Crippen LogP contribution >= 0.6 is 0 Å². The number of halogens is 1. The van der Waals surface area contributed by atoms with Crippen LogP contribution in [0, 0.1) is 6.92 Å². The molecule has 7 heteroatoms. The van der Waals surface area contributed by atoms with E-state index in [-0.39, 0.29) is 11.8 Å². The molecule has 0 saturated carbocycles. The summed E-state index contributed by atoms with van der Waals surface area (Å²) in [6.07, 6.45) is 2.03. The van der Waals surface area contributed by atoms with Gasteiger partial charge in [0.1, 0.15) is 23.4 Å². The Kier molecular flexibility index (Phi) is 4.90. The highest BCUT2D eigenvalue weighted by Crippen LogP contribution is 2.34. The normalized spacial score (nSPS) is 25.8. The van der Waals surface area contributed by atoms with Crippen LogP contribution in [0.1, 0.15) is 31.4 Å². The fourth-order valence-corrected chi connectivity index (χ4v) is 4.45. The van der Waals surface area contributed by atoms with Crippen molar-refractivity contribution in [2.75, 3.05) is 0 Å². The van der Waals surface area contributed by atoms with E-state index in [1.165, 1.54) is 0 Å². The molecule has 2 fully saturated rings. The average molecular weight is 409 g/mol. The predicted molar refractivity (Wildman–Crippen MR) is 110 cm³/mol. The van der Waals surface area contributed by atoms with Crippen LogP contribution < -0.4 is 10.1 Å². The minimum atomic E-state index is -1.05. The molecule has 156 valence electrons. The Morgan fingerprint density at radius 1 is 1.13 bits per heavy atom. The maximum atomic E-state index is 14.7. The van der Waals surface area contributed by atoms with Gasteiger partial charge < -0.3 is 19.6 Å². The summed E-state index contributed by atoms with van der Waals surface area (Å²) < 4.78 is 26.1. The fraction of sp³-hybridized carbons (Fsp3) is 0.391. The van der Waals surface area contributed by atoms with Gasteiger partial charge in [-0.2, -0.15) is 0 Å². The molecule has 2 bridgehead atoms. The molecule has 3 aromatic rings. The zero-order valence-corrected chi connectivity index (χ0v) is 16.7. The number of hydrogen-bond donors (Lipinski definition) is 2. The van der Waals surface area contributed by atoms with Crippen molar-refractivity contribution < 1.29 is 18.7 Å². The van der Waals surface area contributed by atoms with Crippen molar-refractivity contribution in [2.45, 2.75) is 57.0 Å². The number of aromatic nitrogens is 2. The highest BCUT2D eigenvalue weighted by Gasteiger charge is 2.41. The van der Waals surface area contributed by atoms with E-state index >= 15 is 0 Å². The number of furan rings is 1. The number of aromatic hydroxyl groups is 1. The van der Waals surface area contributed by atoms with Gasteiger partial charge >= 0.3 is 0 Å². The third-order valence-electron chi connectivity index (χ3n) is 5.98. The molecule has 4 atom stereocenters. The predicted octanol–water partition coefficient (Wildman–Crippen LogP) is 4.42. The van der Waals surface area contributed by atoms with Crippen LogP contribution in [0.3, 0.4) is 0 Å². The molecule has 5 rings (SSSR count). The molecule has 0 unspecified atom stereocenters. The number of aryl methyl sites for hydroxylation is 1. The Hall–Kier alpha value is -2.93. The number of piperidine rings is 2. The first-order chi connectivity index (χ1) is 14.6. The third-order valence-corrected chi connectivity index (χ3v) is 5.98. The number of phenols is 1. The molecular formula is C23H24FN3O3. The van der Waals surface area contributed by atoms with Gasteiger partial charge in [0.25, 0.3) is 0 Å². The monoisotopic (exact) mass is 409 g/mol. The lowest BCUT2D eigenvalue weighted by Gasteiger charge is -2.42. The summed E-state index contributed by atoms with van der Waals surface area (Å²) in [5.41, 5.74) is 1.85. The second-order valence-electron chi connectivity index (χ2n) is 8.14. The molecule has 0 aliphatic carbocycles. The van der Waals surface area contributed by atoms with E-state index in [1.54, 1.807) is 24.3 Å². The number of ether oxygens (including phenoxy) is 1. The Morgan fingerprint density at radius 2 is 2.03 bits per heavy atom. The average Bonchev–Trinajstić information content (AvgIpc) is 3.19. The number of fused-ring (bicyclic) bond motifs is 2. The van der Waals surface area contributed by atoms with Crippen molar-refractivity contribution in [3.05, 3.63) is 48.2 Å². The summed E-state index contributed by atoms with van der Waals surface area (Å²) in [5.74, 6) is 1.88. The standard InChI is InChI=1S/C23H24FN3O3/c1-13-5-9-20(29-13)14-6-7-16(19(28)11-14)17-8-10-22(27-26-17)30-21-12-15-3-2-4-18(25-15)23(21)24/h5-11,15,18,21,23,25,28H,2-4,12H2,1H3/t15-,18+,21-,23+/m1/s1. The number of benzene rings is 1. The lowest BCUT2D eigenvalue weighted by atomic mass is 9.84. The number of hydrogen-bond acceptors (Lipinski definition) is 6. The van der Waals surface area contributed by atoms with Crippen LogP contribution in [0.5, 0.6) is 11.6 Å². The van der Waals surface area contributed by atoms with E-state index in [9.17, 15) is 9.50 Å². The highest BCUT2D eigenvalue weighted by atomic mass is 19.1. The first-order valence-electron chi connectivity index (χ1n) is 10.4. The maximum Gasteiger partial charge on any atom is 0.233 e. The molecule has 2 aliphatic heterocycles. The molecule has 4 heterocycles. The zero-order valence-electron chi connectivity index (χ0n) is 16.7. The van der Waals surface area contributed by atoms with Crippen molar-refractivity contribution in [2.24, 2.45) is 0 Å². The molecule has 0 amide bonds. The second kappa shape index (κ2) is 7.72. The van der Waals surface area contributed by atoms with Crippen LogP contribution in [0.2, 0.25) is 0 Å². The first kappa shape index (κ1) is 19.1. The van der Waals surface area contributed by atoms with Crippen molar-refractivity contribution in [1.29, 1.82) is 0 Å². The summed E-state index contributed by atoms with van der Waals surface area (Å²) in [7, 11) is 0. The Labute approximate surface area is 174 Å². The molecular weight excluding hydrogens is 385 g/mol.